The van der Waals surface area contributed by atoms with Crippen LogP contribution in [-0.2, 0) is 11.2 Å². The molecule has 0 saturated heterocycles. The van der Waals surface area contributed by atoms with Gasteiger partial charge in [0.1, 0.15) is 17.6 Å². The summed E-state index contributed by atoms with van der Waals surface area (Å²) in [7, 11) is 4.10. The van der Waals surface area contributed by atoms with E-state index >= 15 is 0 Å². The van der Waals surface area contributed by atoms with Gasteiger partial charge in [0.15, 0.2) is 0 Å². The molecule has 0 spiro atoms. The number of furan rings is 1. The number of carbonyl (C=O) groups excluding carboxylic acids is 1. The van der Waals surface area contributed by atoms with Gasteiger partial charge >= 0.3 is 0 Å². The van der Waals surface area contributed by atoms with E-state index in [0.717, 1.165) is 43.7 Å². The van der Waals surface area contributed by atoms with E-state index < -0.39 is 0 Å². The van der Waals surface area contributed by atoms with Crippen LogP contribution in [0.1, 0.15) is 43.1 Å². The largest absolute Gasteiger partial charge is 0.461 e. The third kappa shape index (κ3) is 9.89. The van der Waals surface area contributed by atoms with Gasteiger partial charge in [-0.1, -0.05) is 92.7 Å². The second kappa shape index (κ2) is 16.4. The fourth-order valence-corrected chi connectivity index (χ4v) is 3.60. The number of rotatable bonds is 9. The van der Waals surface area contributed by atoms with Crippen molar-refractivity contribution in [2.24, 2.45) is 0 Å². The lowest BCUT2D eigenvalue weighted by atomic mass is 9.89. The maximum atomic E-state index is 10.8. The molecule has 1 aromatic heterocycles. The Morgan fingerprint density at radius 2 is 1.46 bits per heavy atom. The fraction of sp³-hybridized carbons (Fsp3) is 0.323. The molecule has 0 aliphatic carbocycles. The molecule has 4 nitrogen and oxygen atoms in total. The highest BCUT2D eigenvalue weighted by Gasteiger charge is 2.12. The number of aryl methyl sites for hydroxylation is 1. The first-order valence-electron chi connectivity index (χ1n) is 12.5. The fourth-order valence-electron chi connectivity index (χ4n) is 3.60. The third-order valence-electron chi connectivity index (χ3n) is 5.84. The van der Waals surface area contributed by atoms with Gasteiger partial charge < -0.3 is 19.4 Å². The summed E-state index contributed by atoms with van der Waals surface area (Å²) < 4.78 is 5.52. The Labute approximate surface area is 211 Å². The van der Waals surface area contributed by atoms with E-state index in [0.29, 0.717) is 6.42 Å². The van der Waals surface area contributed by atoms with Crippen LogP contribution in [-0.4, -0.2) is 44.9 Å². The summed E-state index contributed by atoms with van der Waals surface area (Å²) in [5.41, 5.74) is 3.38. The molecule has 35 heavy (non-hydrogen) atoms. The molecule has 0 unspecified atom stereocenters. The number of fused-ring (bicyclic) bond motifs is 1. The molecule has 0 fully saturated rings. The highest BCUT2D eigenvalue weighted by Crippen LogP contribution is 2.26. The Balaban J connectivity index is 0.000000198. The molecule has 4 aromatic rings. The molecular formula is C31H40N2O2. The summed E-state index contributed by atoms with van der Waals surface area (Å²) in [5, 5.41) is 4.29. The van der Waals surface area contributed by atoms with Crippen molar-refractivity contribution in [2.75, 3.05) is 33.7 Å². The summed E-state index contributed by atoms with van der Waals surface area (Å²) in [6.07, 6.45) is 2.49. The average Bonchev–Trinajstić information content (AvgIpc) is 3.36. The molecular weight excluding hydrogens is 432 g/mol. The standard InChI is InChI=1S/C15H14O.C10H10O.C6H16N2/c16-12-11-15(13-7-3-1-4-8-13)14-9-5-2-6-10-14;1-2-9-7-8-5-3-4-6-10(8)11-9;1-4-8(3)6-5-7-2/h1-10,12,15H,11H2;3-7H,2H2,1H3;7H,4-6H2,1-3H3. The van der Waals surface area contributed by atoms with Gasteiger partial charge in [-0.3, -0.25) is 0 Å². The normalized spacial score (nSPS) is 10.5. The molecule has 3 aromatic carbocycles. The number of nitrogens with one attached hydrogen (secondary N) is 1. The first-order chi connectivity index (χ1) is 17.1. The van der Waals surface area contributed by atoms with Gasteiger partial charge in [-0.2, -0.15) is 0 Å². The Hall–Kier alpha value is -3.21. The van der Waals surface area contributed by atoms with Crippen LogP contribution in [0, 0.1) is 0 Å². The van der Waals surface area contributed by atoms with Crippen LogP contribution in [0.5, 0.6) is 0 Å². The van der Waals surface area contributed by atoms with Gasteiger partial charge in [-0.05, 0) is 43.9 Å². The molecule has 1 heterocycles. The number of hydrogen-bond donors (Lipinski definition) is 1. The first-order valence-corrected chi connectivity index (χ1v) is 12.5. The van der Waals surface area contributed by atoms with Crippen LogP contribution in [0.4, 0.5) is 0 Å². The Kier molecular flexibility index (Phi) is 13.2. The quantitative estimate of drug-likeness (QED) is 0.280. The van der Waals surface area contributed by atoms with Gasteiger partial charge in [-0.25, -0.2) is 0 Å². The predicted octanol–water partition coefficient (Wildman–Crippen LogP) is 6.56. The molecule has 0 amide bonds. The van der Waals surface area contributed by atoms with Crippen molar-refractivity contribution in [3.63, 3.8) is 0 Å². The Morgan fingerprint density at radius 1 is 0.886 bits per heavy atom. The zero-order valence-electron chi connectivity index (χ0n) is 21.6. The van der Waals surface area contributed by atoms with Crippen molar-refractivity contribution in [2.45, 2.75) is 32.6 Å². The molecule has 0 atom stereocenters. The van der Waals surface area contributed by atoms with Crippen molar-refractivity contribution in [1.82, 2.24) is 10.2 Å². The number of aldehydes is 1. The van der Waals surface area contributed by atoms with Crippen LogP contribution in [0.25, 0.3) is 11.0 Å². The Morgan fingerprint density at radius 3 is 1.94 bits per heavy atom. The second-order valence-corrected chi connectivity index (χ2v) is 8.38. The number of hydrogen-bond acceptors (Lipinski definition) is 4. The highest BCUT2D eigenvalue weighted by molar-refractivity contribution is 5.77. The van der Waals surface area contributed by atoms with Crippen LogP contribution in [0.2, 0.25) is 0 Å². The molecule has 0 bridgehead atoms. The first kappa shape index (κ1) is 28.0. The van der Waals surface area contributed by atoms with Gasteiger partial charge in [0, 0.05) is 37.2 Å². The Bertz CT molecular complexity index is 1000. The minimum Gasteiger partial charge on any atom is -0.461 e. The summed E-state index contributed by atoms with van der Waals surface area (Å²) in [5.74, 6) is 1.24. The van der Waals surface area contributed by atoms with Crippen molar-refractivity contribution in [3.05, 3.63) is 108 Å². The smallest absolute Gasteiger partial charge is 0.134 e. The van der Waals surface area contributed by atoms with Crippen LogP contribution >= 0.6 is 0 Å². The SMILES string of the molecule is CCN(C)CCNC.CCc1cc2ccccc2o1.O=CCC(c1ccccc1)c1ccccc1. The lowest BCUT2D eigenvalue weighted by Gasteiger charge is -2.14. The molecule has 0 aliphatic rings. The molecule has 0 aliphatic heterocycles. The summed E-state index contributed by atoms with van der Waals surface area (Å²) in [6, 6.07) is 30.5. The number of para-hydroxylation sites is 1. The van der Waals surface area contributed by atoms with E-state index in [4.69, 9.17) is 4.42 Å². The molecule has 0 saturated carbocycles. The zero-order valence-corrected chi connectivity index (χ0v) is 21.6. The van der Waals surface area contributed by atoms with Crippen molar-refractivity contribution >= 4 is 17.3 Å². The number of likely N-dealkylation sites (N-methyl/N-ethyl adjacent to an activating group) is 2. The minimum absolute atomic E-state index is 0.180. The van der Waals surface area contributed by atoms with E-state index in [1.807, 2.05) is 61.6 Å². The van der Waals surface area contributed by atoms with Gasteiger partial charge in [0.05, 0.1) is 0 Å². The molecule has 1 N–H and O–H groups in total. The van der Waals surface area contributed by atoms with Crippen molar-refractivity contribution < 1.29 is 9.21 Å². The molecule has 4 heteroatoms. The molecule has 4 rings (SSSR count). The predicted molar refractivity (Wildman–Crippen MR) is 148 cm³/mol. The monoisotopic (exact) mass is 472 g/mol. The summed E-state index contributed by atoms with van der Waals surface area (Å²) >= 11 is 0. The number of benzene rings is 3. The lowest BCUT2D eigenvalue weighted by Crippen LogP contribution is -2.26. The van der Waals surface area contributed by atoms with Gasteiger partial charge in [-0.15, -0.1) is 0 Å². The van der Waals surface area contributed by atoms with Gasteiger partial charge in [0.2, 0.25) is 0 Å². The zero-order chi connectivity index (χ0) is 25.3. The molecule has 186 valence electrons. The van der Waals surface area contributed by atoms with Crippen LogP contribution in [0.15, 0.2) is 95.4 Å². The van der Waals surface area contributed by atoms with E-state index in [2.05, 4.69) is 67.5 Å². The maximum Gasteiger partial charge on any atom is 0.134 e. The second-order valence-electron chi connectivity index (χ2n) is 8.38. The summed E-state index contributed by atoms with van der Waals surface area (Å²) in [4.78, 5) is 13.0. The lowest BCUT2D eigenvalue weighted by molar-refractivity contribution is -0.108. The molecule has 0 radical (unpaired) electrons. The minimum atomic E-state index is 0.180. The van der Waals surface area contributed by atoms with E-state index in [1.165, 1.54) is 16.5 Å². The maximum absolute atomic E-state index is 10.8. The number of nitrogens with zero attached hydrogens (tertiary/aromatic N) is 1. The topological polar surface area (TPSA) is 45.5 Å². The van der Waals surface area contributed by atoms with E-state index in [-0.39, 0.29) is 5.92 Å². The average molecular weight is 473 g/mol. The third-order valence-corrected chi connectivity index (χ3v) is 5.84. The number of carbonyl (C=O) groups is 1. The van der Waals surface area contributed by atoms with E-state index in [1.54, 1.807) is 0 Å². The highest BCUT2D eigenvalue weighted by atomic mass is 16.3. The van der Waals surface area contributed by atoms with Crippen LogP contribution < -0.4 is 5.32 Å². The van der Waals surface area contributed by atoms with E-state index in [9.17, 15) is 4.79 Å². The summed E-state index contributed by atoms with van der Waals surface area (Å²) in [6.45, 7) is 7.63. The van der Waals surface area contributed by atoms with Crippen molar-refractivity contribution in [3.8, 4) is 0 Å². The van der Waals surface area contributed by atoms with Gasteiger partial charge in [0.25, 0.3) is 0 Å². The van der Waals surface area contributed by atoms with Crippen LogP contribution in [0.3, 0.4) is 0 Å². The van der Waals surface area contributed by atoms with Crippen molar-refractivity contribution in [1.29, 1.82) is 0 Å².